The number of hydrogen-bond donors (Lipinski definition) is 1. The second-order valence-corrected chi connectivity index (χ2v) is 8.02. The normalized spacial score (nSPS) is 11.8. The third-order valence-corrected chi connectivity index (χ3v) is 5.77. The maximum atomic E-state index is 13.3. The molecule has 0 aliphatic heterocycles. The molecule has 0 unspecified atom stereocenters. The van der Waals surface area contributed by atoms with Crippen LogP contribution in [0.4, 0.5) is 0 Å². The minimum Gasteiger partial charge on any atom is -0.394 e. The Bertz CT molecular complexity index is 1400. The maximum absolute atomic E-state index is 13.3. The number of aromatic nitrogens is 5. The highest BCUT2D eigenvalue weighted by Gasteiger charge is 2.20. The summed E-state index contributed by atoms with van der Waals surface area (Å²) in [5.41, 5.74) is 1.16. The Balaban J connectivity index is 1.86. The fraction of sp³-hybridized carbons (Fsp3) is 0.350. The predicted molar refractivity (Wildman–Crippen MR) is 118 cm³/mol. The first kappa shape index (κ1) is 21.6. The monoisotopic (exact) mass is 465 g/mol. The van der Waals surface area contributed by atoms with Crippen molar-refractivity contribution in [2.45, 2.75) is 20.0 Å². The van der Waals surface area contributed by atoms with Crippen molar-refractivity contribution >= 4 is 40.1 Å². The number of hydrogen-bond acceptors (Lipinski definition) is 5. The van der Waals surface area contributed by atoms with E-state index in [1.54, 1.807) is 29.6 Å². The maximum Gasteiger partial charge on any atom is 0.332 e. The first-order valence-corrected chi connectivity index (χ1v) is 10.4. The van der Waals surface area contributed by atoms with Gasteiger partial charge in [0, 0.05) is 35.5 Å². The summed E-state index contributed by atoms with van der Waals surface area (Å²) in [6, 6.07) is 4.93. The summed E-state index contributed by atoms with van der Waals surface area (Å²) < 4.78 is 11.5. The summed E-state index contributed by atoms with van der Waals surface area (Å²) in [6.07, 6.45) is 1.81. The van der Waals surface area contributed by atoms with Crippen molar-refractivity contribution in [2.24, 2.45) is 7.05 Å². The molecular formula is C20H21Cl2N5O4. The Hall–Kier alpha value is -2.59. The zero-order valence-electron chi connectivity index (χ0n) is 17.0. The lowest BCUT2D eigenvalue weighted by Gasteiger charge is -2.09. The highest BCUT2D eigenvalue weighted by atomic mass is 35.5. The van der Waals surface area contributed by atoms with Crippen molar-refractivity contribution in [3.63, 3.8) is 0 Å². The molecule has 0 aliphatic rings. The molecule has 0 atom stereocenters. The van der Waals surface area contributed by atoms with Gasteiger partial charge >= 0.3 is 5.69 Å². The van der Waals surface area contributed by atoms with Crippen LogP contribution < -0.4 is 11.2 Å². The van der Waals surface area contributed by atoms with Crippen molar-refractivity contribution < 1.29 is 9.84 Å². The van der Waals surface area contributed by atoms with E-state index in [1.807, 2.05) is 17.7 Å². The van der Waals surface area contributed by atoms with E-state index in [2.05, 4.69) is 4.98 Å². The van der Waals surface area contributed by atoms with Gasteiger partial charge < -0.3 is 14.4 Å². The Morgan fingerprint density at radius 2 is 1.94 bits per heavy atom. The zero-order chi connectivity index (χ0) is 22.3. The fourth-order valence-corrected chi connectivity index (χ4v) is 4.08. The molecule has 0 spiro atoms. The number of aliphatic hydroxyl groups is 1. The number of aliphatic hydroxyl groups excluding tert-OH is 1. The van der Waals surface area contributed by atoms with Crippen LogP contribution in [0.1, 0.15) is 11.3 Å². The first-order chi connectivity index (χ1) is 14.8. The van der Waals surface area contributed by atoms with Crippen molar-refractivity contribution in [3.05, 3.63) is 66.5 Å². The lowest BCUT2D eigenvalue weighted by atomic mass is 10.2. The van der Waals surface area contributed by atoms with Gasteiger partial charge in [-0.25, -0.2) is 4.79 Å². The average molecular weight is 466 g/mol. The summed E-state index contributed by atoms with van der Waals surface area (Å²) in [7, 11) is 1.58. The molecule has 0 aliphatic carbocycles. The number of imidazole rings is 2. The van der Waals surface area contributed by atoms with E-state index < -0.39 is 11.2 Å². The molecule has 164 valence electrons. The number of ether oxygens (including phenoxy) is 1. The lowest BCUT2D eigenvalue weighted by molar-refractivity contribution is 0.0872. The molecule has 0 bridgehead atoms. The smallest absolute Gasteiger partial charge is 0.332 e. The van der Waals surface area contributed by atoms with Crippen LogP contribution in [-0.4, -0.2) is 48.0 Å². The average Bonchev–Trinajstić information content (AvgIpc) is 3.23. The molecular weight excluding hydrogens is 445 g/mol. The highest BCUT2D eigenvalue weighted by molar-refractivity contribution is 6.35. The predicted octanol–water partition coefficient (Wildman–Crippen LogP) is 1.82. The molecule has 11 heteroatoms. The van der Waals surface area contributed by atoms with Gasteiger partial charge in [-0.3, -0.25) is 18.3 Å². The van der Waals surface area contributed by atoms with Gasteiger partial charge in [-0.1, -0.05) is 29.3 Å². The summed E-state index contributed by atoms with van der Waals surface area (Å²) >= 11 is 12.2. The zero-order valence-corrected chi connectivity index (χ0v) is 18.5. The second kappa shape index (κ2) is 8.51. The minimum absolute atomic E-state index is 0.0133. The van der Waals surface area contributed by atoms with E-state index in [4.69, 9.17) is 33.0 Å². The van der Waals surface area contributed by atoms with E-state index in [0.29, 0.717) is 45.7 Å². The third kappa shape index (κ3) is 3.78. The topological polar surface area (TPSA) is 95.7 Å². The summed E-state index contributed by atoms with van der Waals surface area (Å²) in [6.45, 7) is 2.99. The minimum atomic E-state index is -0.487. The standard InChI is InChI=1S/C20H21Cl2N5O4/c1-12-10-26-16-17(23-19(26)25(12)5-7-31-8-6-28)24(2)20(30)27(18(16)29)11-13-3-4-14(21)9-15(13)22/h3-4,9-10,28H,5-8,11H2,1-2H3. The number of aryl methyl sites for hydroxylation is 2. The summed E-state index contributed by atoms with van der Waals surface area (Å²) in [5.74, 6) is 0.537. The molecule has 0 saturated heterocycles. The molecule has 4 rings (SSSR count). The summed E-state index contributed by atoms with van der Waals surface area (Å²) in [5, 5.41) is 9.72. The number of fused-ring (bicyclic) bond motifs is 3. The van der Waals surface area contributed by atoms with Gasteiger partial charge in [-0.15, -0.1) is 0 Å². The van der Waals surface area contributed by atoms with Crippen molar-refractivity contribution in [3.8, 4) is 0 Å². The van der Waals surface area contributed by atoms with Crippen LogP contribution in [-0.2, 0) is 24.9 Å². The molecule has 1 N–H and O–H groups in total. The number of nitrogens with zero attached hydrogens (tertiary/aromatic N) is 5. The van der Waals surface area contributed by atoms with Crippen LogP contribution in [0.2, 0.25) is 10.0 Å². The van der Waals surface area contributed by atoms with Crippen LogP contribution in [0.5, 0.6) is 0 Å². The van der Waals surface area contributed by atoms with E-state index in [-0.39, 0.29) is 19.8 Å². The molecule has 0 fully saturated rings. The molecule has 3 heterocycles. The first-order valence-electron chi connectivity index (χ1n) is 9.63. The van der Waals surface area contributed by atoms with Crippen molar-refractivity contribution in [1.29, 1.82) is 0 Å². The van der Waals surface area contributed by atoms with Crippen LogP contribution in [0.3, 0.4) is 0 Å². The quantitative estimate of drug-likeness (QED) is 0.420. The van der Waals surface area contributed by atoms with Gasteiger partial charge in [0.15, 0.2) is 11.2 Å². The number of benzene rings is 1. The Morgan fingerprint density at radius 1 is 1.16 bits per heavy atom. The van der Waals surface area contributed by atoms with Crippen LogP contribution in [0.25, 0.3) is 16.9 Å². The van der Waals surface area contributed by atoms with Crippen molar-refractivity contribution in [2.75, 3.05) is 19.8 Å². The van der Waals surface area contributed by atoms with E-state index in [0.717, 1.165) is 10.3 Å². The second-order valence-electron chi connectivity index (χ2n) is 7.18. The lowest BCUT2D eigenvalue weighted by Crippen LogP contribution is -2.39. The molecule has 3 aromatic heterocycles. The Labute approximate surface area is 186 Å². The van der Waals surface area contributed by atoms with Gasteiger partial charge in [-0.2, -0.15) is 4.98 Å². The molecule has 0 radical (unpaired) electrons. The van der Waals surface area contributed by atoms with Crippen molar-refractivity contribution in [1.82, 2.24) is 23.1 Å². The van der Waals surface area contributed by atoms with Gasteiger partial charge in [0.2, 0.25) is 5.78 Å². The van der Waals surface area contributed by atoms with Gasteiger partial charge in [-0.05, 0) is 24.6 Å². The Morgan fingerprint density at radius 3 is 2.65 bits per heavy atom. The third-order valence-electron chi connectivity index (χ3n) is 5.18. The largest absolute Gasteiger partial charge is 0.394 e. The van der Waals surface area contributed by atoms with Crippen LogP contribution >= 0.6 is 23.2 Å². The molecule has 0 saturated carbocycles. The molecule has 9 nitrogen and oxygen atoms in total. The van der Waals surface area contributed by atoms with E-state index in [9.17, 15) is 9.59 Å². The number of halogens is 2. The van der Waals surface area contributed by atoms with E-state index in [1.165, 1.54) is 4.57 Å². The molecule has 31 heavy (non-hydrogen) atoms. The van der Waals surface area contributed by atoms with Gasteiger partial charge in [0.1, 0.15) is 0 Å². The molecule has 4 aromatic rings. The molecule has 0 amide bonds. The highest BCUT2D eigenvalue weighted by Crippen LogP contribution is 2.22. The molecule has 1 aromatic carbocycles. The van der Waals surface area contributed by atoms with Gasteiger partial charge in [0.05, 0.1) is 26.4 Å². The SMILES string of the molecule is Cc1cn2c3c(=O)n(Cc4ccc(Cl)cc4Cl)c(=O)n(C)c3nc2n1CCOCCO. The Kier molecular flexibility index (Phi) is 5.94. The number of rotatable bonds is 7. The van der Waals surface area contributed by atoms with E-state index >= 15 is 0 Å². The van der Waals surface area contributed by atoms with Gasteiger partial charge in [0.25, 0.3) is 5.56 Å². The van der Waals surface area contributed by atoms with Crippen LogP contribution in [0, 0.1) is 6.92 Å². The fourth-order valence-electron chi connectivity index (χ4n) is 3.61. The van der Waals surface area contributed by atoms with Crippen LogP contribution in [0.15, 0.2) is 34.0 Å². The summed E-state index contributed by atoms with van der Waals surface area (Å²) in [4.78, 5) is 30.8.